The highest BCUT2D eigenvalue weighted by Gasteiger charge is 2.29. The van der Waals surface area contributed by atoms with E-state index in [1.807, 2.05) is 0 Å². The number of nitrogens with zero attached hydrogens (tertiary/aromatic N) is 1. The normalized spacial score (nSPS) is 20.6. The molecule has 0 atom stereocenters. The molecule has 1 rings (SSSR count). The van der Waals surface area contributed by atoms with Crippen molar-refractivity contribution in [3.8, 4) is 0 Å². The van der Waals surface area contributed by atoms with Crippen LogP contribution in [0, 0.1) is 5.92 Å². The summed E-state index contributed by atoms with van der Waals surface area (Å²) in [7, 11) is -1.06. The average molecular weight is 247 g/mol. The zero-order valence-electron chi connectivity index (χ0n) is 10.1. The van der Waals surface area contributed by atoms with Gasteiger partial charge >= 0.3 is 0 Å². The molecule has 0 radical (unpaired) electrons. The number of unbranched alkanes of at least 4 members (excludes halogenated alkanes) is 1. The van der Waals surface area contributed by atoms with Crippen LogP contribution in [0.25, 0.3) is 0 Å². The van der Waals surface area contributed by atoms with Crippen molar-refractivity contribution in [3.05, 3.63) is 0 Å². The van der Waals surface area contributed by atoms with Gasteiger partial charge in [0.1, 0.15) is 9.84 Å². The number of carbonyl (C=O) groups is 1. The molecule has 1 heterocycles. The third kappa shape index (κ3) is 3.77. The Morgan fingerprint density at radius 1 is 1.31 bits per heavy atom. The van der Waals surface area contributed by atoms with Gasteiger partial charge in [-0.25, -0.2) is 8.42 Å². The van der Waals surface area contributed by atoms with Gasteiger partial charge in [0.25, 0.3) is 0 Å². The first-order chi connectivity index (χ1) is 7.46. The van der Waals surface area contributed by atoms with E-state index >= 15 is 0 Å². The molecule has 16 heavy (non-hydrogen) atoms. The Hall–Kier alpha value is -0.580. The summed E-state index contributed by atoms with van der Waals surface area (Å²) >= 11 is 0. The highest BCUT2D eigenvalue weighted by molar-refractivity contribution is 7.91. The largest absolute Gasteiger partial charge is 0.346 e. The van der Waals surface area contributed by atoms with E-state index in [1.54, 1.807) is 11.9 Å². The summed E-state index contributed by atoms with van der Waals surface area (Å²) in [5.74, 6) is 0.379. The molecular formula is C11H21NO3S. The van der Waals surface area contributed by atoms with Gasteiger partial charge in [-0.1, -0.05) is 13.3 Å². The number of hydrogen-bond acceptors (Lipinski definition) is 3. The van der Waals surface area contributed by atoms with E-state index in [1.165, 1.54) is 0 Å². The number of amides is 1. The highest BCUT2D eigenvalue weighted by atomic mass is 32.2. The number of hydrogen-bond donors (Lipinski definition) is 0. The van der Waals surface area contributed by atoms with E-state index in [4.69, 9.17) is 0 Å². The lowest BCUT2D eigenvalue weighted by molar-refractivity contribution is -0.134. The summed E-state index contributed by atoms with van der Waals surface area (Å²) in [5.41, 5.74) is 0. The van der Waals surface area contributed by atoms with Crippen molar-refractivity contribution >= 4 is 15.7 Å². The third-order valence-corrected chi connectivity index (χ3v) is 4.84. The number of sulfone groups is 1. The molecule has 0 unspecified atom stereocenters. The van der Waals surface area contributed by atoms with E-state index < -0.39 is 9.84 Å². The fourth-order valence-electron chi connectivity index (χ4n) is 1.95. The van der Waals surface area contributed by atoms with Gasteiger partial charge in [-0.05, 0) is 19.3 Å². The number of carbonyl (C=O) groups excluding carboxylic acids is 1. The predicted molar refractivity (Wildman–Crippen MR) is 63.9 cm³/mol. The van der Waals surface area contributed by atoms with Crippen LogP contribution < -0.4 is 0 Å². The van der Waals surface area contributed by atoms with E-state index in [-0.39, 0.29) is 23.3 Å². The smallest absolute Gasteiger partial charge is 0.225 e. The maximum Gasteiger partial charge on any atom is 0.225 e. The van der Waals surface area contributed by atoms with Crippen LogP contribution in [0.2, 0.25) is 0 Å². The van der Waals surface area contributed by atoms with Gasteiger partial charge < -0.3 is 4.90 Å². The van der Waals surface area contributed by atoms with Gasteiger partial charge in [-0.15, -0.1) is 0 Å². The van der Waals surface area contributed by atoms with Crippen molar-refractivity contribution < 1.29 is 13.2 Å². The summed E-state index contributed by atoms with van der Waals surface area (Å²) in [5, 5.41) is 0. The maximum absolute atomic E-state index is 11.9. The monoisotopic (exact) mass is 247 g/mol. The van der Waals surface area contributed by atoms with Crippen LogP contribution in [0.5, 0.6) is 0 Å². The molecule has 5 heteroatoms. The highest BCUT2D eigenvalue weighted by Crippen LogP contribution is 2.20. The van der Waals surface area contributed by atoms with Crippen LogP contribution in [0.15, 0.2) is 0 Å². The minimum absolute atomic E-state index is 0.0784. The lowest BCUT2D eigenvalue weighted by Crippen LogP contribution is -2.37. The molecule has 0 N–H and O–H groups in total. The number of rotatable bonds is 4. The zero-order valence-corrected chi connectivity index (χ0v) is 10.9. The molecule has 4 nitrogen and oxygen atoms in total. The maximum atomic E-state index is 11.9. The molecule has 1 aliphatic rings. The lowest BCUT2D eigenvalue weighted by atomic mass is 10.0. The van der Waals surface area contributed by atoms with Crippen LogP contribution in [0.4, 0.5) is 0 Å². The minimum atomic E-state index is -2.86. The second-order valence-corrected chi connectivity index (χ2v) is 6.84. The first kappa shape index (κ1) is 13.5. The summed E-state index contributed by atoms with van der Waals surface area (Å²) < 4.78 is 22.5. The Balaban J connectivity index is 2.44. The standard InChI is InChI=1S/C11H21NO3S/c1-3-4-7-12(2)11(13)10-5-8-16(14,15)9-6-10/h10H,3-9H2,1-2H3. The van der Waals surface area contributed by atoms with E-state index in [0.717, 1.165) is 19.4 Å². The summed E-state index contributed by atoms with van der Waals surface area (Å²) in [6.45, 7) is 2.87. The van der Waals surface area contributed by atoms with Crippen molar-refractivity contribution in [3.63, 3.8) is 0 Å². The predicted octanol–water partition coefficient (Wildman–Crippen LogP) is 1.07. The molecule has 1 saturated heterocycles. The topological polar surface area (TPSA) is 54.5 Å². The Bertz CT molecular complexity index is 323. The van der Waals surface area contributed by atoms with E-state index in [2.05, 4.69) is 6.92 Å². The van der Waals surface area contributed by atoms with Gasteiger partial charge in [0.05, 0.1) is 11.5 Å². The van der Waals surface area contributed by atoms with Gasteiger partial charge in [0.15, 0.2) is 0 Å². The molecule has 1 amide bonds. The molecule has 0 aliphatic carbocycles. The fraction of sp³-hybridized carbons (Fsp3) is 0.909. The Morgan fingerprint density at radius 3 is 2.38 bits per heavy atom. The average Bonchev–Trinajstić information content (AvgIpc) is 2.25. The van der Waals surface area contributed by atoms with Crippen molar-refractivity contribution in [2.45, 2.75) is 32.6 Å². The third-order valence-electron chi connectivity index (χ3n) is 3.13. The Kier molecular flexibility index (Phi) is 4.77. The molecule has 1 fully saturated rings. The lowest BCUT2D eigenvalue weighted by Gasteiger charge is -2.26. The molecule has 0 aromatic heterocycles. The SMILES string of the molecule is CCCCN(C)C(=O)C1CCS(=O)(=O)CC1. The quantitative estimate of drug-likeness (QED) is 0.746. The van der Waals surface area contributed by atoms with Crippen LogP contribution in [0.1, 0.15) is 32.6 Å². The van der Waals surface area contributed by atoms with Crippen LogP contribution in [-0.4, -0.2) is 44.3 Å². The first-order valence-electron chi connectivity index (χ1n) is 5.91. The molecular weight excluding hydrogens is 226 g/mol. The van der Waals surface area contributed by atoms with Crippen molar-refractivity contribution in [2.75, 3.05) is 25.1 Å². The molecule has 0 aromatic carbocycles. The van der Waals surface area contributed by atoms with Crippen LogP contribution in [-0.2, 0) is 14.6 Å². The summed E-state index contributed by atoms with van der Waals surface area (Å²) in [6, 6.07) is 0. The summed E-state index contributed by atoms with van der Waals surface area (Å²) in [4.78, 5) is 13.7. The fourth-order valence-corrected chi connectivity index (χ4v) is 3.45. The molecule has 1 aliphatic heterocycles. The second-order valence-electron chi connectivity index (χ2n) is 4.54. The molecule has 94 valence electrons. The van der Waals surface area contributed by atoms with Gasteiger partial charge in [0, 0.05) is 19.5 Å². The first-order valence-corrected chi connectivity index (χ1v) is 7.74. The second kappa shape index (κ2) is 5.66. The van der Waals surface area contributed by atoms with Gasteiger partial charge in [-0.3, -0.25) is 4.79 Å². The molecule has 0 bridgehead atoms. The van der Waals surface area contributed by atoms with Crippen molar-refractivity contribution in [1.29, 1.82) is 0 Å². The van der Waals surface area contributed by atoms with E-state index in [9.17, 15) is 13.2 Å². The molecule has 0 aromatic rings. The Morgan fingerprint density at radius 2 is 1.88 bits per heavy atom. The van der Waals surface area contributed by atoms with E-state index in [0.29, 0.717) is 12.8 Å². The molecule has 0 spiro atoms. The van der Waals surface area contributed by atoms with Crippen molar-refractivity contribution in [1.82, 2.24) is 4.90 Å². The van der Waals surface area contributed by atoms with Gasteiger partial charge in [-0.2, -0.15) is 0 Å². The molecule has 0 saturated carbocycles. The summed E-state index contributed by atoms with van der Waals surface area (Å²) in [6.07, 6.45) is 3.07. The Labute approximate surface area is 97.9 Å². The van der Waals surface area contributed by atoms with Crippen molar-refractivity contribution in [2.24, 2.45) is 5.92 Å². The van der Waals surface area contributed by atoms with Crippen LogP contribution >= 0.6 is 0 Å². The van der Waals surface area contributed by atoms with Crippen LogP contribution in [0.3, 0.4) is 0 Å². The minimum Gasteiger partial charge on any atom is -0.346 e. The zero-order chi connectivity index (χ0) is 12.2. The van der Waals surface area contributed by atoms with Gasteiger partial charge in [0.2, 0.25) is 5.91 Å².